The standard InChI is InChI=1S/C15H17N3O4.C14H17N3O2.C14H19N3O.C13H17N3O2S.C13H17N3O/c1-15(2,3)11-7-12(16)18(17-11)10-5-8(13(19)20)4-9(6-10)14(21)22;1-14(2,3)11-8-12(15)17(16-11)10-6-4-9(5-7-10)13(18)19;1-4-14(2,3)12-9-13(15)17(16-12)10-6-5-7-11(18)8-10;1-13(2,3)11-8-12(14)16(15-11)9-5-4-6-10(7-9)19(17)18;1-13(2,3)11-8-12(14)16(15-11)9-4-6-10(17)7-5-9/h4-7H,16H2,1-3H3,(H,19,20)(H,21,22);4-8H,15H2,1-3H3,(H,18,19);5-9,18H,4,15H2,1-3H3;4-8H,14H2,1-3H3,(H,17,18);4-8,17H,14H2,1-3H3. The molecule has 10 rings (SSSR count). The van der Waals surface area contributed by atoms with Crippen molar-refractivity contribution in [2.24, 2.45) is 0 Å². The van der Waals surface area contributed by atoms with Gasteiger partial charge in [-0.2, -0.15) is 25.5 Å². The summed E-state index contributed by atoms with van der Waals surface area (Å²) in [5, 5.41) is 68.2. The lowest BCUT2D eigenvalue weighted by Gasteiger charge is -2.19. The van der Waals surface area contributed by atoms with E-state index >= 15 is 0 Å². The molecular weight excluding hydrogens is 1230 g/mol. The van der Waals surface area contributed by atoms with Gasteiger partial charge in [-0.3, -0.25) is 0 Å². The first-order valence-electron chi connectivity index (χ1n) is 30.0. The van der Waals surface area contributed by atoms with Crippen LogP contribution in [0.4, 0.5) is 29.1 Å². The van der Waals surface area contributed by atoms with Crippen molar-refractivity contribution < 1.29 is 48.7 Å². The predicted molar refractivity (Wildman–Crippen MR) is 371 cm³/mol. The zero-order chi connectivity index (χ0) is 71.0. The first-order valence-corrected chi connectivity index (χ1v) is 31.2. The molecule has 0 saturated heterocycles. The molecule has 5 aromatic carbocycles. The quantitative estimate of drug-likeness (QED) is 0.0536. The van der Waals surface area contributed by atoms with Gasteiger partial charge in [-0.05, 0) is 103 Å². The molecule has 5 heterocycles. The van der Waals surface area contributed by atoms with E-state index in [1.165, 1.54) is 28.9 Å². The highest BCUT2D eigenvalue weighted by Crippen LogP contribution is 2.32. The molecule has 0 aliphatic carbocycles. The Morgan fingerprint density at radius 2 is 0.695 bits per heavy atom. The second-order valence-electron chi connectivity index (χ2n) is 27.1. The molecule has 95 heavy (non-hydrogen) atoms. The number of rotatable bonds is 11. The molecule has 26 heteroatoms. The normalized spacial score (nSPS) is 12.0. The Morgan fingerprint density at radius 3 is 1.02 bits per heavy atom. The molecule has 5 aromatic heterocycles. The van der Waals surface area contributed by atoms with E-state index in [4.69, 9.17) is 48.5 Å². The van der Waals surface area contributed by atoms with E-state index in [9.17, 15) is 28.8 Å². The van der Waals surface area contributed by atoms with Gasteiger partial charge in [-0.25, -0.2) is 42.0 Å². The Hall–Kier alpha value is -10.7. The molecule has 1 unspecified atom stereocenters. The third kappa shape index (κ3) is 19.0. The minimum atomic E-state index is -2.01. The molecule has 1 atom stereocenters. The molecule has 16 N–H and O–H groups in total. The molecule has 25 nitrogen and oxygen atoms in total. The number of aromatic carboxylic acids is 3. The number of anilines is 5. The summed E-state index contributed by atoms with van der Waals surface area (Å²) < 4.78 is 28.1. The number of aromatic hydroxyl groups is 2. The number of carboxylic acid groups (broad SMARTS) is 3. The molecular formula is C69H87N15O10S. The molecule has 10 aromatic rings. The van der Waals surface area contributed by atoms with Crippen LogP contribution >= 0.6 is 0 Å². The summed E-state index contributed by atoms with van der Waals surface area (Å²) in [6.45, 7) is 30.9. The zero-order valence-electron chi connectivity index (χ0n) is 56.1. The third-order valence-electron chi connectivity index (χ3n) is 14.8. The lowest BCUT2D eigenvalue weighted by molar-refractivity contribution is 0.0682. The van der Waals surface area contributed by atoms with Crippen molar-refractivity contribution >= 4 is 58.1 Å². The fourth-order valence-electron chi connectivity index (χ4n) is 8.66. The van der Waals surface area contributed by atoms with Crippen LogP contribution in [0.2, 0.25) is 0 Å². The number of phenols is 2. The second kappa shape index (κ2) is 29.1. The zero-order valence-corrected chi connectivity index (χ0v) is 57.0. The van der Waals surface area contributed by atoms with Crippen LogP contribution < -0.4 is 28.7 Å². The monoisotopic (exact) mass is 1320 g/mol. The van der Waals surface area contributed by atoms with Gasteiger partial charge in [0, 0.05) is 63.5 Å². The second-order valence-corrected chi connectivity index (χ2v) is 28.1. The van der Waals surface area contributed by atoms with E-state index in [0.29, 0.717) is 45.4 Å². The number of nitrogens with two attached hydrogens (primary N) is 5. The molecule has 0 amide bonds. The van der Waals surface area contributed by atoms with Crippen molar-refractivity contribution in [3.05, 3.63) is 191 Å². The Labute approximate surface area is 554 Å². The van der Waals surface area contributed by atoms with Gasteiger partial charge in [0.1, 0.15) is 40.6 Å². The van der Waals surface area contributed by atoms with Crippen LogP contribution in [0.25, 0.3) is 28.4 Å². The average Bonchev–Trinajstić information content (AvgIpc) is 1.73. The summed E-state index contributed by atoms with van der Waals surface area (Å²) in [5.74, 6) is -0.415. The van der Waals surface area contributed by atoms with E-state index in [1.54, 1.807) is 104 Å². The van der Waals surface area contributed by atoms with Crippen molar-refractivity contribution in [3.63, 3.8) is 0 Å². The van der Waals surface area contributed by atoms with Gasteiger partial charge < -0.3 is 58.8 Å². The van der Waals surface area contributed by atoms with Crippen LogP contribution in [-0.2, 0) is 38.2 Å². The number of aromatic nitrogens is 10. The Morgan fingerprint density at radius 1 is 0.379 bits per heavy atom. The summed E-state index contributed by atoms with van der Waals surface area (Å²) in [6.07, 6.45) is 0.990. The van der Waals surface area contributed by atoms with E-state index in [0.717, 1.165) is 58.0 Å². The topological polar surface area (TPSA) is 409 Å². The Balaban J connectivity index is 0.000000188. The summed E-state index contributed by atoms with van der Waals surface area (Å²) in [7, 11) is 0. The van der Waals surface area contributed by atoms with Crippen LogP contribution in [0.3, 0.4) is 0 Å². The van der Waals surface area contributed by atoms with Gasteiger partial charge in [0.2, 0.25) is 0 Å². The molecule has 0 bridgehead atoms. The fraction of sp³-hybridized carbons (Fsp3) is 0.304. The third-order valence-corrected chi connectivity index (χ3v) is 15.4. The summed E-state index contributed by atoms with van der Waals surface area (Å²) in [6, 6.07) is 39.8. The average molecular weight is 1320 g/mol. The maximum Gasteiger partial charge on any atom is 0.335 e. The smallest absolute Gasteiger partial charge is 0.335 e. The SMILES string of the molecule is CC(C)(C)c1cc(N)n(-c2cc(C(=O)O)cc(C(=O)O)c2)n1.CC(C)(C)c1cc(N)n(-c2ccc(C(=O)O)cc2)n1.CC(C)(C)c1cc(N)n(-c2ccc(O)cc2)n1.CC(C)(C)c1cc(N)n(-c2cccc(S(=O)O)c2)n1.CCC(C)(C)c1cc(N)n(-c2cccc(O)c2)n1. The van der Waals surface area contributed by atoms with Gasteiger partial charge in [0.05, 0.1) is 78.5 Å². The number of nitrogen functional groups attached to an aromatic ring is 5. The molecule has 0 fully saturated rings. The van der Waals surface area contributed by atoms with Gasteiger partial charge in [-0.1, -0.05) is 116 Å². The predicted octanol–water partition coefficient (Wildman–Crippen LogP) is 12.2. The van der Waals surface area contributed by atoms with Crippen LogP contribution in [0.15, 0.2) is 150 Å². The van der Waals surface area contributed by atoms with E-state index in [2.05, 4.69) is 109 Å². The Kier molecular flexibility index (Phi) is 22.4. The number of benzene rings is 5. The van der Waals surface area contributed by atoms with E-state index in [1.807, 2.05) is 51.1 Å². The number of carbonyl (C=O) groups is 3. The first-order chi connectivity index (χ1) is 44.0. The van der Waals surface area contributed by atoms with Crippen LogP contribution in [0.1, 0.15) is 170 Å². The van der Waals surface area contributed by atoms with Crippen molar-refractivity contribution in [3.8, 4) is 39.9 Å². The largest absolute Gasteiger partial charge is 0.508 e. The summed E-state index contributed by atoms with van der Waals surface area (Å²) in [4.78, 5) is 33.4. The van der Waals surface area contributed by atoms with Crippen molar-refractivity contribution in [2.45, 2.75) is 142 Å². The number of carboxylic acids is 3. The van der Waals surface area contributed by atoms with Gasteiger partial charge in [-0.15, -0.1) is 0 Å². The summed E-state index contributed by atoms with van der Waals surface area (Å²) in [5.41, 5.74) is 37.0. The highest BCUT2D eigenvalue weighted by molar-refractivity contribution is 7.79. The molecule has 0 spiro atoms. The van der Waals surface area contributed by atoms with Crippen LogP contribution in [0, 0.1) is 0 Å². The maximum absolute atomic E-state index is 11.2. The fourth-order valence-corrected chi connectivity index (χ4v) is 9.07. The number of phenolic OH excluding ortho intramolecular Hbond substituents is 2. The molecule has 0 saturated carbocycles. The van der Waals surface area contributed by atoms with E-state index < -0.39 is 29.0 Å². The highest BCUT2D eigenvalue weighted by Gasteiger charge is 2.26. The molecule has 0 aliphatic heterocycles. The van der Waals surface area contributed by atoms with Gasteiger partial charge in [0.25, 0.3) is 0 Å². The lowest BCUT2D eigenvalue weighted by Crippen LogP contribution is -2.16. The van der Waals surface area contributed by atoms with Crippen molar-refractivity contribution in [1.82, 2.24) is 48.9 Å². The minimum Gasteiger partial charge on any atom is -0.508 e. The number of hydrogen-bond donors (Lipinski definition) is 11. The molecule has 0 radical (unpaired) electrons. The van der Waals surface area contributed by atoms with Crippen molar-refractivity contribution in [2.75, 3.05) is 28.7 Å². The number of nitrogens with zero attached hydrogens (tertiary/aromatic N) is 10. The van der Waals surface area contributed by atoms with Crippen LogP contribution in [-0.4, -0.2) is 101 Å². The van der Waals surface area contributed by atoms with Gasteiger partial charge in [0.15, 0.2) is 11.1 Å². The highest BCUT2D eigenvalue weighted by atomic mass is 32.2. The Bertz CT molecular complexity index is 4330. The first kappa shape index (κ1) is 73.3. The van der Waals surface area contributed by atoms with Gasteiger partial charge >= 0.3 is 17.9 Å². The molecule has 0 aliphatic rings. The van der Waals surface area contributed by atoms with E-state index in [-0.39, 0.29) is 55.3 Å². The van der Waals surface area contributed by atoms with Crippen LogP contribution in [0.5, 0.6) is 11.5 Å². The maximum atomic E-state index is 11.2. The van der Waals surface area contributed by atoms with Crippen molar-refractivity contribution in [1.29, 1.82) is 0 Å². The summed E-state index contributed by atoms with van der Waals surface area (Å²) >= 11 is -2.01. The number of hydrogen-bond acceptors (Lipinski definition) is 16. The lowest BCUT2D eigenvalue weighted by atomic mass is 9.87. The minimum absolute atomic E-state index is 0.00377. The molecule has 504 valence electrons.